The standard InChI is InChI=1S/C14H20N2O4S/c1-4-15(8-10(2)3)21(19,20)12-7-13(14(17)18)16(9-12)11-5-6-11/h7,9,11H,2,4-6,8H2,1,3H3,(H,17,18). The average molecular weight is 312 g/mol. The van der Waals surface area contributed by atoms with Crippen molar-refractivity contribution in [1.29, 1.82) is 0 Å². The summed E-state index contributed by atoms with van der Waals surface area (Å²) in [4.78, 5) is 11.3. The lowest BCUT2D eigenvalue weighted by atomic mass is 10.3. The Morgan fingerprint density at radius 2 is 2.14 bits per heavy atom. The predicted octanol–water partition coefficient (Wildman–Crippen LogP) is 2.11. The van der Waals surface area contributed by atoms with E-state index in [1.165, 1.54) is 16.6 Å². The van der Waals surface area contributed by atoms with Crippen molar-refractivity contribution in [3.63, 3.8) is 0 Å². The fraction of sp³-hybridized carbons (Fsp3) is 0.500. The second kappa shape index (κ2) is 5.65. The minimum atomic E-state index is -3.70. The number of carboxylic acids is 1. The van der Waals surface area contributed by atoms with Gasteiger partial charge in [-0.1, -0.05) is 19.1 Å². The van der Waals surface area contributed by atoms with Gasteiger partial charge >= 0.3 is 5.97 Å². The second-order valence-electron chi connectivity index (χ2n) is 5.39. The van der Waals surface area contributed by atoms with Crippen molar-refractivity contribution in [2.75, 3.05) is 13.1 Å². The molecule has 1 N–H and O–H groups in total. The number of sulfonamides is 1. The van der Waals surface area contributed by atoms with Gasteiger partial charge in [0.25, 0.3) is 0 Å². The van der Waals surface area contributed by atoms with E-state index in [2.05, 4.69) is 6.58 Å². The molecule has 1 aromatic rings. The Labute approximate surface area is 124 Å². The molecule has 1 saturated carbocycles. The molecule has 0 saturated heterocycles. The topological polar surface area (TPSA) is 79.6 Å². The molecule has 0 spiro atoms. The lowest BCUT2D eigenvalue weighted by Gasteiger charge is -2.19. The van der Waals surface area contributed by atoms with Gasteiger partial charge in [-0.3, -0.25) is 0 Å². The highest BCUT2D eigenvalue weighted by Crippen LogP contribution is 2.37. The summed E-state index contributed by atoms with van der Waals surface area (Å²) in [5.41, 5.74) is 0.767. The Kier molecular flexibility index (Phi) is 4.25. The van der Waals surface area contributed by atoms with Crippen LogP contribution < -0.4 is 0 Å². The maximum absolute atomic E-state index is 12.6. The molecule has 1 fully saturated rings. The van der Waals surface area contributed by atoms with E-state index in [9.17, 15) is 18.3 Å². The first-order valence-corrected chi connectivity index (χ1v) is 8.31. The Bertz CT molecular complexity index is 671. The normalized spacial score (nSPS) is 15.4. The summed E-state index contributed by atoms with van der Waals surface area (Å²) in [6.07, 6.45) is 3.22. The van der Waals surface area contributed by atoms with Crippen LogP contribution in [0.25, 0.3) is 0 Å². The van der Waals surface area contributed by atoms with E-state index in [0.717, 1.165) is 18.4 Å². The van der Waals surface area contributed by atoms with Crippen LogP contribution in [0.3, 0.4) is 0 Å². The van der Waals surface area contributed by atoms with Crippen molar-refractivity contribution in [2.24, 2.45) is 0 Å². The number of rotatable bonds is 7. The molecule has 0 unspecified atom stereocenters. The van der Waals surface area contributed by atoms with Crippen molar-refractivity contribution >= 4 is 16.0 Å². The minimum Gasteiger partial charge on any atom is -0.477 e. The molecular formula is C14H20N2O4S. The van der Waals surface area contributed by atoms with E-state index in [4.69, 9.17) is 0 Å². The van der Waals surface area contributed by atoms with Gasteiger partial charge in [-0.25, -0.2) is 13.2 Å². The molecular weight excluding hydrogens is 292 g/mol. The molecule has 0 bridgehead atoms. The van der Waals surface area contributed by atoms with E-state index < -0.39 is 16.0 Å². The number of nitrogens with zero attached hydrogens (tertiary/aromatic N) is 2. The van der Waals surface area contributed by atoms with Crippen LogP contribution in [0.1, 0.15) is 43.2 Å². The van der Waals surface area contributed by atoms with Crippen LogP contribution in [-0.2, 0) is 10.0 Å². The third-order valence-electron chi connectivity index (χ3n) is 3.42. The highest BCUT2D eigenvalue weighted by atomic mass is 32.2. The van der Waals surface area contributed by atoms with Crippen LogP contribution in [0.15, 0.2) is 29.3 Å². The van der Waals surface area contributed by atoms with Gasteiger partial charge in [0.05, 0.1) is 0 Å². The van der Waals surface area contributed by atoms with Gasteiger partial charge in [-0.15, -0.1) is 0 Å². The number of likely N-dealkylation sites (N-methyl/N-ethyl adjacent to an activating group) is 1. The Balaban J connectivity index is 2.42. The smallest absolute Gasteiger partial charge is 0.352 e. The lowest BCUT2D eigenvalue weighted by Crippen LogP contribution is -2.32. The van der Waals surface area contributed by atoms with Gasteiger partial charge in [0.1, 0.15) is 10.6 Å². The highest BCUT2D eigenvalue weighted by molar-refractivity contribution is 7.89. The first kappa shape index (κ1) is 15.8. The van der Waals surface area contributed by atoms with Crippen molar-refractivity contribution in [3.05, 3.63) is 30.1 Å². The fourth-order valence-electron chi connectivity index (χ4n) is 2.24. The zero-order chi connectivity index (χ0) is 15.8. The summed E-state index contributed by atoms with van der Waals surface area (Å²) in [5, 5.41) is 9.22. The monoisotopic (exact) mass is 312 g/mol. The molecule has 116 valence electrons. The summed E-state index contributed by atoms with van der Waals surface area (Å²) in [6, 6.07) is 1.35. The Morgan fingerprint density at radius 3 is 2.57 bits per heavy atom. The number of carbonyl (C=O) groups is 1. The molecule has 2 rings (SSSR count). The minimum absolute atomic E-state index is 0.0300. The van der Waals surface area contributed by atoms with Crippen molar-refractivity contribution in [2.45, 2.75) is 37.6 Å². The van der Waals surface area contributed by atoms with Crippen LogP contribution in [0.4, 0.5) is 0 Å². The van der Waals surface area contributed by atoms with Crippen LogP contribution in [-0.4, -0.2) is 41.5 Å². The van der Waals surface area contributed by atoms with Crippen LogP contribution in [0.5, 0.6) is 0 Å². The highest BCUT2D eigenvalue weighted by Gasteiger charge is 2.32. The first-order chi connectivity index (χ1) is 9.77. The maximum atomic E-state index is 12.6. The molecule has 0 amide bonds. The number of hydrogen-bond acceptors (Lipinski definition) is 3. The van der Waals surface area contributed by atoms with Crippen LogP contribution in [0, 0.1) is 0 Å². The van der Waals surface area contributed by atoms with Gasteiger partial charge in [-0.2, -0.15) is 4.31 Å². The van der Waals surface area contributed by atoms with E-state index in [0.29, 0.717) is 6.54 Å². The van der Waals surface area contributed by atoms with Crippen molar-refractivity contribution < 1.29 is 18.3 Å². The molecule has 1 aromatic heterocycles. The molecule has 1 aliphatic carbocycles. The van der Waals surface area contributed by atoms with E-state index in [-0.39, 0.29) is 23.2 Å². The van der Waals surface area contributed by atoms with Crippen molar-refractivity contribution in [3.8, 4) is 0 Å². The molecule has 0 radical (unpaired) electrons. The summed E-state index contributed by atoms with van der Waals surface area (Å²) in [7, 11) is -3.70. The Hall–Kier alpha value is -1.60. The van der Waals surface area contributed by atoms with Crippen LogP contribution >= 0.6 is 0 Å². The number of aromatic carboxylic acids is 1. The lowest BCUT2D eigenvalue weighted by molar-refractivity contribution is 0.0685. The van der Waals surface area contributed by atoms with Crippen molar-refractivity contribution in [1.82, 2.24) is 8.87 Å². The van der Waals surface area contributed by atoms with Gasteiger partial charge in [0, 0.05) is 25.3 Å². The maximum Gasteiger partial charge on any atom is 0.352 e. The van der Waals surface area contributed by atoms with Gasteiger partial charge in [0.15, 0.2) is 0 Å². The molecule has 7 heteroatoms. The molecule has 6 nitrogen and oxygen atoms in total. The molecule has 1 aliphatic rings. The third kappa shape index (κ3) is 3.19. The first-order valence-electron chi connectivity index (χ1n) is 6.87. The summed E-state index contributed by atoms with van der Waals surface area (Å²) < 4.78 is 28.1. The summed E-state index contributed by atoms with van der Waals surface area (Å²) in [6.45, 7) is 7.78. The number of hydrogen-bond donors (Lipinski definition) is 1. The zero-order valence-electron chi connectivity index (χ0n) is 12.2. The largest absolute Gasteiger partial charge is 0.477 e. The second-order valence-corrected chi connectivity index (χ2v) is 7.33. The third-order valence-corrected chi connectivity index (χ3v) is 5.31. The summed E-state index contributed by atoms with van der Waals surface area (Å²) in [5.74, 6) is -1.11. The average Bonchev–Trinajstić information content (AvgIpc) is 3.13. The number of aromatic nitrogens is 1. The quantitative estimate of drug-likeness (QED) is 0.782. The van der Waals surface area contributed by atoms with E-state index in [1.54, 1.807) is 18.4 Å². The van der Waals surface area contributed by atoms with E-state index in [1.807, 2.05) is 0 Å². The number of carboxylic acid groups (broad SMARTS) is 1. The SMILES string of the molecule is C=C(C)CN(CC)S(=O)(=O)c1cc(C(=O)O)n(C2CC2)c1. The van der Waals surface area contributed by atoms with E-state index >= 15 is 0 Å². The fourth-order valence-corrected chi connectivity index (χ4v) is 3.77. The predicted molar refractivity (Wildman–Crippen MR) is 78.9 cm³/mol. The van der Waals surface area contributed by atoms with Gasteiger partial charge in [0.2, 0.25) is 10.0 Å². The molecule has 21 heavy (non-hydrogen) atoms. The molecule has 0 atom stereocenters. The van der Waals surface area contributed by atoms with Gasteiger partial charge < -0.3 is 9.67 Å². The van der Waals surface area contributed by atoms with Gasteiger partial charge in [-0.05, 0) is 25.8 Å². The summed E-state index contributed by atoms with van der Waals surface area (Å²) >= 11 is 0. The Morgan fingerprint density at radius 1 is 1.52 bits per heavy atom. The van der Waals surface area contributed by atoms with Crippen LogP contribution in [0.2, 0.25) is 0 Å². The molecule has 0 aromatic carbocycles. The zero-order valence-corrected chi connectivity index (χ0v) is 13.1. The molecule has 0 aliphatic heterocycles. The molecule has 1 heterocycles.